The molecule has 3 atom stereocenters. The van der Waals surface area contributed by atoms with Gasteiger partial charge in [-0.1, -0.05) is 12.2 Å². The maximum absolute atomic E-state index is 13.9. The Kier molecular flexibility index (Phi) is 3.42. The summed E-state index contributed by atoms with van der Waals surface area (Å²) in [6.07, 6.45) is -4.59. The third-order valence-corrected chi connectivity index (χ3v) is 3.99. The number of ether oxygens (including phenoxy) is 1. The van der Waals surface area contributed by atoms with Gasteiger partial charge in [-0.2, -0.15) is 13.2 Å². The van der Waals surface area contributed by atoms with Gasteiger partial charge in [0.05, 0.1) is 0 Å². The smallest absolute Gasteiger partial charge is 0.454 e. The lowest BCUT2D eigenvalue weighted by Crippen LogP contribution is -2.38. The lowest BCUT2D eigenvalue weighted by Gasteiger charge is -2.32. The number of carbonyl (C=O) groups is 1. The van der Waals surface area contributed by atoms with Gasteiger partial charge in [0.1, 0.15) is 6.10 Å². The highest BCUT2D eigenvalue weighted by Gasteiger charge is 2.49. The van der Waals surface area contributed by atoms with Gasteiger partial charge >= 0.3 is 12.1 Å². The molecule has 1 aromatic rings. The van der Waals surface area contributed by atoms with E-state index in [4.69, 9.17) is 0 Å². The van der Waals surface area contributed by atoms with Gasteiger partial charge in [-0.25, -0.2) is 22.4 Å². The fraction of sp³-hybridized carbons (Fsp3) is 0.357. The van der Waals surface area contributed by atoms with Crippen molar-refractivity contribution in [1.82, 2.24) is 0 Å². The van der Waals surface area contributed by atoms with Gasteiger partial charge in [-0.05, 0) is 12.0 Å². The zero-order valence-corrected chi connectivity index (χ0v) is 11.1. The largest absolute Gasteiger partial charge is 0.490 e. The Labute approximate surface area is 124 Å². The molecule has 2 bridgehead atoms. The van der Waals surface area contributed by atoms with Gasteiger partial charge in [-0.15, -0.1) is 0 Å². The number of carbonyl (C=O) groups excluding carboxylic acids is 1. The number of alkyl halides is 3. The van der Waals surface area contributed by atoms with Crippen molar-refractivity contribution in [3.63, 3.8) is 0 Å². The molecule has 0 aromatic heterocycles. The molecule has 1 aromatic carbocycles. The van der Waals surface area contributed by atoms with Gasteiger partial charge in [0.15, 0.2) is 23.3 Å². The summed E-state index contributed by atoms with van der Waals surface area (Å²) in [6, 6.07) is 0. The van der Waals surface area contributed by atoms with Crippen LogP contribution in [0.3, 0.4) is 0 Å². The van der Waals surface area contributed by atoms with E-state index in [1.165, 1.54) is 12.2 Å². The average molecular weight is 340 g/mol. The fourth-order valence-corrected chi connectivity index (χ4v) is 3.02. The number of esters is 1. The Morgan fingerprint density at radius 2 is 1.61 bits per heavy atom. The molecule has 9 heteroatoms. The SMILES string of the molecule is O=C(OC1[C@@H]2C=C[C@H]1Cc1c(F)c(F)c(F)c(F)c12)C(F)(F)F. The van der Waals surface area contributed by atoms with E-state index in [9.17, 15) is 35.5 Å². The molecular weight excluding hydrogens is 333 g/mol. The van der Waals surface area contributed by atoms with Crippen molar-refractivity contribution in [2.75, 3.05) is 0 Å². The molecule has 0 heterocycles. The van der Waals surface area contributed by atoms with Gasteiger partial charge in [-0.3, -0.25) is 0 Å². The molecule has 0 radical (unpaired) electrons. The van der Waals surface area contributed by atoms with Crippen molar-refractivity contribution < 1.29 is 40.3 Å². The van der Waals surface area contributed by atoms with E-state index in [0.717, 1.165) is 0 Å². The minimum atomic E-state index is -5.25. The second kappa shape index (κ2) is 4.97. The van der Waals surface area contributed by atoms with Crippen molar-refractivity contribution in [3.05, 3.63) is 46.5 Å². The van der Waals surface area contributed by atoms with Crippen LogP contribution >= 0.6 is 0 Å². The fourth-order valence-electron chi connectivity index (χ4n) is 3.02. The molecule has 23 heavy (non-hydrogen) atoms. The summed E-state index contributed by atoms with van der Waals surface area (Å²) in [6.45, 7) is 0. The molecule has 0 fully saturated rings. The Hall–Kier alpha value is -2.06. The van der Waals surface area contributed by atoms with Crippen molar-refractivity contribution in [2.24, 2.45) is 5.92 Å². The summed E-state index contributed by atoms with van der Waals surface area (Å²) >= 11 is 0. The first-order chi connectivity index (χ1) is 10.6. The van der Waals surface area contributed by atoms with Crippen LogP contribution in [0.4, 0.5) is 30.7 Å². The molecular formula is C14H7F7O2. The van der Waals surface area contributed by atoms with Crippen LogP contribution in [0, 0.1) is 29.2 Å². The highest BCUT2D eigenvalue weighted by molar-refractivity contribution is 5.76. The van der Waals surface area contributed by atoms with Crippen LogP contribution < -0.4 is 0 Å². The van der Waals surface area contributed by atoms with Crippen molar-refractivity contribution in [3.8, 4) is 0 Å². The first-order valence-electron chi connectivity index (χ1n) is 6.43. The number of benzene rings is 1. The van der Waals surface area contributed by atoms with E-state index in [1.807, 2.05) is 0 Å². The van der Waals surface area contributed by atoms with Crippen LogP contribution in [0.15, 0.2) is 12.2 Å². The molecule has 0 amide bonds. The summed E-state index contributed by atoms with van der Waals surface area (Å²) in [5.41, 5.74) is -1.08. The highest BCUT2D eigenvalue weighted by Crippen LogP contribution is 2.46. The molecule has 1 unspecified atom stereocenters. The molecule has 2 nitrogen and oxygen atoms in total. The summed E-state index contributed by atoms with van der Waals surface area (Å²) < 4.78 is 95.6. The standard InChI is InChI=1S/C14H7F7O2/c15-8-6-3-4-1-2-5(7(6)9(16)11(18)10(8)17)12(4)23-13(22)14(19,20)21/h1-2,4-5,12H,3H2/t4-,5+,12?/m0/s1. The molecule has 0 N–H and O–H groups in total. The molecule has 0 aliphatic heterocycles. The van der Waals surface area contributed by atoms with E-state index in [0.29, 0.717) is 0 Å². The molecule has 2 aliphatic rings. The van der Waals surface area contributed by atoms with E-state index < -0.39 is 70.9 Å². The number of hydrogen-bond acceptors (Lipinski definition) is 2. The number of rotatable bonds is 1. The second-order valence-corrected chi connectivity index (χ2v) is 5.29. The lowest BCUT2D eigenvalue weighted by atomic mass is 9.79. The average Bonchev–Trinajstić information content (AvgIpc) is 2.74. The molecule has 3 rings (SSSR count). The minimum Gasteiger partial charge on any atom is -0.454 e. The van der Waals surface area contributed by atoms with Crippen LogP contribution in [0.1, 0.15) is 17.0 Å². The Balaban J connectivity index is 2.03. The number of hydrogen-bond donors (Lipinski definition) is 0. The first kappa shape index (κ1) is 15.8. The summed E-state index contributed by atoms with van der Waals surface area (Å²) in [5.74, 6) is -12.0. The third-order valence-electron chi connectivity index (χ3n) is 3.99. The van der Waals surface area contributed by atoms with Crippen molar-refractivity contribution >= 4 is 5.97 Å². The minimum absolute atomic E-state index is 0.405. The predicted octanol–water partition coefficient (Wildman–Crippen LogP) is 3.54. The van der Waals surface area contributed by atoms with Gasteiger partial charge < -0.3 is 4.74 Å². The van der Waals surface area contributed by atoms with Crippen LogP contribution in [-0.4, -0.2) is 18.2 Å². The monoisotopic (exact) mass is 340 g/mol. The van der Waals surface area contributed by atoms with Gasteiger partial charge in [0, 0.05) is 17.4 Å². The Morgan fingerprint density at radius 3 is 2.22 bits per heavy atom. The Bertz CT molecular complexity index is 723. The molecule has 124 valence electrons. The van der Waals surface area contributed by atoms with E-state index in [2.05, 4.69) is 4.74 Å². The summed E-state index contributed by atoms with van der Waals surface area (Å²) in [7, 11) is 0. The maximum atomic E-state index is 13.9. The Morgan fingerprint density at radius 1 is 1.00 bits per heavy atom. The van der Waals surface area contributed by atoms with E-state index in [-0.39, 0.29) is 0 Å². The second-order valence-electron chi connectivity index (χ2n) is 5.29. The van der Waals surface area contributed by atoms with Crippen molar-refractivity contribution in [2.45, 2.75) is 24.6 Å². The van der Waals surface area contributed by atoms with Gasteiger partial charge in [0.25, 0.3) is 0 Å². The topological polar surface area (TPSA) is 26.3 Å². The zero-order valence-electron chi connectivity index (χ0n) is 11.1. The highest BCUT2D eigenvalue weighted by atomic mass is 19.4. The van der Waals surface area contributed by atoms with E-state index >= 15 is 0 Å². The van der Waals surface area contributed by atoms with Crippen LogP contribution in [0.5, 0.6) is 0 Å². The quantitative estimate of drug-likeness (QED) is 0.257. The van der Waals surface area contributed by atoms with Crippen LogP contribution in [0.25, 0.3) is 0 Å². The van der Waals surface area contributed by atoms with Crippen LogP contribution in [-0.2, 0) is 16.0 Å². The van der Waals surface area contributed by atoms with Gasteiger partial charge in [0.2, 0.25) is 0 Å². The third kappa shape index (κ3) is 2.29. The zero-order chi connectivity index (χ0) is 17.1. The van der Waals surface area contributed by atoms with Crippen molar-refractivity contribution in [1.29, 1.82) is 0 Å². The van der Waals surface area contributed by atoms with Crippen LogP contribution in [0.2, 0.25) is 0 Å². The lowest BCUT2D eigenvalue weighted by molar-refractivity contribution is -0.206. The maximum Gasteiger partial charge on any atom is 0.490 e. The normalized spacial score (nSPS) is 25.4. The molecule has 0 saturated heterocycles. The molecule has 2 aliphatic carbocycles. The summed E-state index contributed by atoms with van der Waals surface area (Å²) in [5, 5.41) is 0. The molecule has 0 spiro atoms. The summed E-state index contributed by atoms with van der Waals surface area (Å²) in [4.78, 5) is 11.0. The van der Waals surface area contributed by atoms with E-state index in [1.54, 1.807) is 0 Å². The number of halogens is 7. The predicted molar refractivity (Wildman–Crippen MR) is 61.3 cm³/mol. The number of fused-ring (bicyclic) bond motifs is 4. The molecule has 0 saturated carbocycles. The first-order valence-corrected chi connectivity index (χ1v) is 6.43.